The van der Waals surface area contributed by atoms with Crippen LogP contribution < -0.4 is 5.32 Å². The number of hydrogen-bond acceptors (Lipinski definition) is 5. The third kappa shape index (κ3) is 2.77. The second-order valence-electron chi connectivity index (χ2n) is 3.65. The van der Waals surface area contributed by atoms with Crippen LogP contribution in [0.15, 0.2) is 29.8 Å². The van der Waals surface area contributed by atoms with E-state index in [4.69, 9.17) is 11.6 Å². The zero-order valence-electron chi connectivity index (χ0n) is 9.46. The van der Waals surface area contributed by atoms with Gasteiger partial charge in [-0.3, -0.25) is 10.1 Å². The number of aromatic nitrogens is 1. The Kier molecular flexibility index (Phi) is 3.78. The smallest absolute Gasteiger partial charge is 0.293 e. The van der Waals surface area contributed by atoms with Crippen molar-refractivity contribution in [2.75, 3.05) is 5.32 Å². The first-order chi connectivity index (χ1) is 8.58. The number of benzene rings is 1. The fraction of sp³-hybridized carbons (Fsp3) is 0.182. The molecule has 1 unspecified atom stereocenters. The number of hydrogen-bond donors (Lipinski definition) is 1. The van der Waals surface area contributed by atoms with Gasteiger partial charge in [-0.05, 0) is 19.1 Å². The summed E-state index contributed by atoms with van der Waals surface area (Å²) in [6, 6.07) is 4.46. The molecule has 0 bridgehead atoms. The maximum Gasteiger partial charge on any atom is 0.293 e. The Hall–Kier alpha value is -1.66. The summed E-state index contributed by atoms with van der Waals surface area (Å²) in [5, 5.41) is 17.1. The zero-order chi connectivity index (χ0) is 13.1. The van der Waals surface area contributed by atoms with E-state index in [2.05, 4.69) is 10.3 Å². The summed E-state index contributed by atoms with van der Waals surface area (Å²) in [5.74, 6) is 0. The van der Waals surface area contributed by atoms with Crippen molar-refractivity contribution in [3.05, 3.63) is 49.9 Å². The standard InChI is InChI=1S/C11H10ClN3O2S/c1-7(11-13-4-5-18-11)14-9-3-2-8(12)6-10(9)15(16)17/h2-7,14H,1H3. The first kappa shape index (κ1) is 12.8. The van der Waals surface area contributed by atoms with Crippen LogP contribution in [-0.2, 0) is 0 Å². The van der Waals surface area contributed by atoms with Crippen LogP contribution in [0.5, 0.6) is 0 Å². The molecular formula is C11H10ClN3O2S. The first-order valence-electron chi connectivity index (χ1n) is 5.18. The molecule has 94 valence electrons. The Labute approximate surface area is 113 Å². The highest BCUT2D eigenvalue weighted by atomic mass is 35.5. The lowest BCUT2D eigenvalue weighted by Gasteiger charge is -2.12. The van der Waals surface area contributed by atoms with E-state index in [0.29, 0.717) is 10.7 Å². The first-order valence-corrected chi connectivity index (χ1v) is 6.43. The van der Waals surface area contributed by atoms with Gasteiger partial charge in [0.05, 0.1) is 11.0 Å². The van der Waals surface area contributed by atoms with E-state index in [-0.39, 0.29) is 11.7 Å². The molecule has 0 saturated heterocycles. The minimum atomic E-state index is -0.456. The summed E-state index contributed by atoms with van der Waals surface area (Å²) in [6.45, 7) is 1.90. The van der Waals surface area contributed by atoms with Gasteiger partial charge in [0.2, 0.25) is 0 Å². The second-order valence-corrected chi connectivity index (χ2v) is 5.02. The van der Waals surface area contributed by atoms with Gasteiger partial charge in [-0.25, -0.2) is 4.98 Å². The van der Waals surface area contributed by atoms with Crippen LogP contribution in [0, 0.1) is 10.1 Å². The van der Waals surface area contributed by atoms with Gasteiger partial charge in [-0.1, -0.05) is 11.6 Å². The minimum absolute atomic E-state index is 0.0362. The van der Waals surface area contributed by atoms with Crippen LogP contribution in [0.3, 0.4) is 0 Å². The summed E-state index contributed by atoms with van der Waals surface area (Å²) in [5.41, 5.74) is 0.401. The number of halogens is 1. The summed E-state index contributed by atoms with van der Waals surface area (Å²) in [4.78, 5) is 14.6. The predicted molar refractivity (Wildman–Crippen MR) is 72.3 cm³/mol. The van der Waals surface area contributed by atoms with Crippen LogP contribution in [0.4, 0.5) is 11.4 Å². The Morgan fingerprint density at radius 1 is 1.56 bits per heavy atom. The van der Waals surface area contributed by atoms with Crippen LogP contribution in [0.1, 0.15) is 18.0 Å². The summed E-state index contributed by atoms with van der Waals surface area (Å²) >= 11 is 7.25. The van der Waals surface area contributed by atoms with E-state index in [0.717, 1.165) is 5.01 Å². The van der Waals surface area contributed by atoms with Crippen molar-refractivity contribution in [1.82, 2.24) is 4.98 Å². The molecule has 0 amide bonds. The van der Waals surface area contributed by atoms with E-state index in [1.807, 2.05) is 12.3 Å². The summed E-state index contributed by atoms with van der Waals surface area (Å²) in [7, 11) is 0. The molecule has 1 atom stereocenters. The lowest BCUT2D eigenvalue weighted by Crippen LogP contribution is -2.07. The Bertz CT molecular complexity index is 559. The SMILES string of the molecule is CC(Nc1ccc(Cl)cc1[N+](=O)[O-])c1nccs1. The van der Waals surface area contributed by atoms with Gasteiger partial charge < -0.3 is 5.32 Å². The van der Waals surface area contributed by atoms with E-state index >= 15 is 0 Å². The molecule has 1 N–H and O–H groups in total. The van der Waals surface area contributed by atoms with Gasteiger partial charge in [0.25, 0.3) is 5.69 Å². The molecule has 1 aromatic heterocycles. The van der Waals surface area contributed by atoms with Crippen LogP contribution in [0.25, 0.3) is 0 Å². The van der Waals surface area contributed by atoms with Gasteiger partial charge in [0.15, 0.2) is 0 Å². The van der Waals surface area contributed by atoms with Crippen LogP contribution in [0.2, 0.25) is 5.02 Å². The van der Waals surface area contributed by atoms with Gasteiger partial charge in [0.1, 0.15) is 10.7 Å². The molecule has 0 fully saturated rings. The number of nitro groups is 1. The molecule has 0 radical (unpaired) electrons. The molecule has 1 aromatic carbocycles. The topological polar surface area (TPSA) is 68.1 Å². The fourth-order valence-corrected chi connectivity index (χ4v) is 2.33. The number of nitrogens with one attached hydrogen (secondary N) is 1. The van der Waals surface area contributed by atoms with Gasteiger partial charge in [-0.2, -0.15) is 0 Å². The summed E-state index contributed by atoms with van der Waals surface area (Å²) < 4.78 is 0. The third-order valence-corrected chi connectivity index (χ3v) is 3.54. The highest BCUT2D eigenvalue weighted by Crippen LogP contribution is 2.31. The zero-order valence-corrected chi connectivity index (χ0v) is 11.0. The molecule has 7 heteroatoms. The largest absolute Gasteiger partial charge is 0.371 e. The van der Waals surface area contributed by atoms with Crippen molar-refractivity contribution < 1.29 is 4.92 Å². The van der Waals surface area contributed by atoms with E-state index < -0.39 is 4.92 Å². The average molecular weight is 284 g/mol. The molecule has 0 aliphatic carbocycles. The number of thiazole rings is 1. The molecule has 0 saturated carbocycles. The molecule has 0 aliphatic rings. The minimum Gasteiger partial charge on any atom is -0.371 e. The predicted octanol–water partition coefficient (Wildman–Crippen LogP) is 3.88. The summed E-state index contributed by atoms with van der Waals surface area (Å²) in [6.07, 6.45) is 1.70. The number of nitrogens with zero attached hydrogens (tertiary/aromatic N) is 2. The normalized spacial score (nSPS) is 12.1. The monoisotopic (exact) mass is 283 g/mol. The Balaban J connectivity index is 2.26. The van der Waals surface area contributed by atoms with Gasteiger partial charge in [0, 0.05) is 22.7 Å². The Morgan fingerprint density at radius 3 is 2.94 bits per heavy atom. The third-order valence-electron chi connectivity index (χ3n) is 2.35. The molecule has 18 heavy (non-hydrogen) atoms. The molecule has 2 aromatic rings. The second kappa shape index (κ2) is 5.32. The van der Waals surface area contributed by atoms with E-state index in [1.165, 1.54) is 17.4 Å². The molecular weight excluding hydrogens is 274 g/mol. The van der Waals surface area contributed by atoms with Crippen LogP contribution in [-0.4, -0.2) is 9.91 Å². The van der Waals surface area contributed by atoms with Crippen molar-refractivity contribution in [2.45, 2.75) is 13.0 Å². The molecule has 5 nitrogen and oxygen atoms in total. The highest BCUT2D eigenvalue weighted by molar-refractivity contribution is 7.09. The fourth-order valence-electron chi connectivity index (χ4n) is 1.52. The van der Waals surface area contributed by atoms with Gasteiger partial charge >= 0.3 is 0 Å². The molecule has 0 spiro atoms. The van der Waals surface area contributed by atoms with E-state index in [1.54, 1.807) is 18.3 Å². The number of rotatable bonds is 4. The van der Waals surface area contributed by atoms with Gasteiger partial charge in [-0.15, -0.1) is 11.3 Å². The Morgan fingerprint density at radius 2 is 2.33 bits per heavy atom. The van der Waals surface area contributed by atoms with Crippen molar-refractivity contribution in [2.24, 2.45) is 0 Å². The average Bonchev–Trinajstić information content (AvgIpc) is 2.84. The highest BCUT2D eigenvalue weighted by Gasteiger charge is 2.17. The lowest BCUT2D eigenvalue weighted by molar-refractivity contribution is -0.384. The van der Waals surface area contributed by atoms with Crippen molar-refractivity contribution in [1.29, 1.82) is 0 Å². The maximum atomic E-state index is 10.9. The van der Waals surface area contributed by atoms with Crippen molar-refractivity contribution >= 4 is 34.3 Å². The van der Waals surface area contributed by atoms with Crippen LogP contribution >= 0.6 is 22.9 Å². The molecule has 1 heterocycles. The number of nitro benzene ring substituents is 1. The van der Waals surface area contributed by atoms with Crippen molar-refractivity contribution in [3.63, 3.8) is 0 Å². The maximum absolute atomic E-state index is 10.9. The number of anilines is 1. The van der Waals surface area contributed by atoms with E-state index in [9.17, 15) is 10.1 Å². The molecule has 2 rings (SSSR count). The molecule has 0 aliphatic heterocycles. The lowest BCUT2D eigenvalue weighted by atomic mass is 10.2. The van der Waals surface area contributed by atoms with Crippen molar-refractivity contribution in [3.8, 4) is 0 Å². The quantitative estimate of drug-likeness (QED) is 0.683.